The highest BCUT2D eigenvalue weighted by Gasteiger charge is 2.08. The lowest BCUT2D eigenvalue weighted by molar-refractivity contribution is 0.0952. The molecular weight excluding hydrogens is 346 g/mol. The van der Waals surface area contributed by atoms with E-state index in [1.165, 1.54) is 12.4 Å². The molecule has 138 valence electrons. The Balaban J connectivity index is 1.45. The monoisotopic (exact) mass is 365 g/mol. The number of H-pyrrole nitrogens is 1. The van der Waals surface area contributed by atoms with Crippen molar-refractivity contribution in [1.29, 1.82) is 0 Å². The van der Waals surface area contributed by atoms with E-state index < -0.39 is 0 Å². The van der Waals surface area contributed by atoms with E-state index in [2.05, 4.69) is 20.5 Å². The number of hydrogen-bond donors (Lipinski definition) is 3. The van der Waals surface area contributed by atoms with Crippen LogP contribution in [-0.2, 0) is 0 Å². The molecule has 2 heterocycles. The van der Waals surface area contributed by atoms with Gasteiger partial charge in [0.1, 0.15) is 11.6 Å². The molecule has 8 heteroatoms. The van der Waals surface area contributed by atoms with E-state index in [-0.39, 0.29) is 17.3 Å². The molecule has 0 atom stereocenters. The van der Waals surface area contributed by atoms with Crippen LogP contribution in [-0.4, -0.2) is 34.2 Å². The summed E-state index contributed by atoms with van der Waals surface area (Å²) in [5, 5.41) is 8.86. The second-order valence-corrected chi connectivity index (χ2v) is 5.72. The van der Waals surface area contributed by atoms with Crippen LogP contribution in [0.4, 0.5) is 5.82 Å². The minimum atomic E-state index is -0.257. The first-order valence-electron chi connectivity index (χ1n) is 8.41. The molecule has 1 amide bonds. The molecule has 4 N–H and O–H groups in total. The van der Waals surface area contributed by atoms with Crippen LogP contribution < -0.4 is 21.3 Å². The molecule has 0 spiro atoms. The number of aromatic nitrogens is 3. The quantitative estimate of drug-likeness (QED) is 0.547. The highest BCUT2D eigenvalue weighted by molar-refractivity contribution is 5.98. The second kappa shape index (κ2) is 8.61. The average molecular weight is 365 g/mol. The summed E-state index contributed by atoms with van der Waals surface area (Å²) in [6.07, 6.45) is 3.71. The SMILES string of the molecule is Nc1ncccc1C(=O)NCCCOc1ccc(-c2ccn[nH]c2=O)cc1. The topological polar surface area (TPSA) is 123 Å². The Labute approximate surface area is 155 Å². The smallest absolute Gasteiger partial charge is 0.272 e. The van der Waals surface area contributed by atoms with E-state index in [1.54, 1.807) is 30.3 Å². The standard InChI is InChI=1S/C19H19N5O3/c20-17-16(3-1-9-21-17)18(25)22-10-2-12-27-14-6-4-13(5-7-14)15-8-11-23-24-19(15)26/h1,3-9,11H,2,10,12H2,(H2,20,21)(H,22,25)(H,24,26). The number of hydrogen-bond acceptors (Lipinski definition) is 6. The summed E-state index contributed by atoms with van der Waals surface area (Å²) in [4.78, 5) is 27.6. The summed E-state index contributed by atoms with van der Waals surface area (Å²) in [5.74, 6) is 0.638. The van der Waals surface area contributed by atoms with Gasteiger partial charge in [-0.25, -0.2) is 10.1 Å². The van der Waals surface area contributed by atoms with Crippen LogP contribution in [0.3, 0.4) is 0 Å². The van der Waals surface area contributed by atoms with Gasteiger partial charge in [-0.3, -0.25) is 9.59 Å². The van der Waals surface area contributed by atoms with Crippen molar-refractivity contribution in [1.82, 2.24) is 20.5 Å². The van der Waals surface area contributed by atoms with Gasteiger partial charge < -0.3 is 15.8 Å². The third kappa shape index (κ3) is 4.69. The molecule has 0 bridgehead atoms. The molecule has 3 aromatic rings. The first-order valence-corrected chi connectivity index (χ1v) is 8.41. The fraction of sp³-hybridized carbons (Fsp3) is 0.158. The number of nitrogens with zero attached hydrogens (tertiary/aromatic N) is 2. The third-order valence-corrected chi connectivity index (χ3v) is 3.85. The molecule has 0 aliphatic rings. The molecule has 0 saturated carbocycles. The molecule has 0 fully saturated rings. The summed E-state index contributed by atoms with van der Waals surface area (Å²) in [6.45, 7) is 0.898. The Morgan fingerprint density at radius 3 is 2.70 bits per heavy atom. The summed E-state index contributed by atoms with van der Waals surface area (Å²) in [6, 6.07) is 12.2. The molecule has 1 aromatic carbocycles. The summed E-state index contributed by atoms with van der Waals surface area (Å²) < 4.78 is 5.65. The van der Waals surface area contributed by atoms with Gasteiger partial charge in [-0.1, -0.05) is 12.1 Å². The number of amides is 1. The van der Waals surface area contributed by atoms with Gasteiger partial charge in [-0.05, 0) is 42.3 Å². The normalized spacial score (nSPS) is 10.4. The molecule has 0 saturated heterocycles. The van der Waals surface area contributed by atoms with Crippen molar-refractivity contribution < 1.29 is 9.53 Å². The second-order valence-electron chi connectivity index (χ2n) is 5.72. The van der Waals surface area contributed by atoms with E-state index in [1.807, 2.05) is 12.1 Å². The van der Waals surface area contributed by atoms with Gasteiger partial charge in [0.05, 0.1) is 12.2 Å². The number of pyridine rings is 1. The zero-order chi connectivity index (χ0) is 19.1. The van der Waals surface area contributed by atoms with Gasteiger partial charge in [0, 0.05) is 24.5 Å². The fourth-order valence-electron chi connectivity index (χ4n) is 2.47. The number of ether oxygens (including phenoxy) is 1. The van der Waals surface area contributed by atoms with Crippen LogP contribution in [0, 0.1) is 0 Å². The molecule has 0 aliphatic heterocycles. The van der Waals surface area contributed by atoms with Gasteiger partial charge in [0.2, 0.25) is 0 Å². The molecule has 0 aliphatic carbocycles. The number of nitrogens with two attached hydrogens (primary N) is 1. The third-order valence-electron chi connectivity index (χ3n) is 3.85. The van der Waals surface area contributed by atoms with E-state index in [4.69, 9.17) is 10.5 Å². The van der Waals surface area contributed by atoms with Crippen LogP contribution in [0.15, 0.2) is 59.7 Å². The minimum Gasteiger partial charge on any atom is -0.494 e. The first kappa shape index (κ1) is 18.1. The number of nitrogens with one attached hydrogen (secondary N) is 2. The van der Waals surface area contributed by atoms with Gasteiger partial charge in [0.25, 0.3) is 11.5 Å². The summed E-state index contributed by atoms with van der Waals surface area (Å²) >= 11 is 0. The lowest BCUT2D eigenvalue weighted by Crippen LogP contribution is -2.26. The Morgan fingerprint density at radius 2 is 1.96 bits per heavy atom. The molecule has 2 aromatic heterocycles. The summed E-state index contributed by atoms with van der Waals surface area (Å²) in [5.41, 5.74) is 7.13. The maximum Gasteiger partial charge on any atom is 0.272 e. The summed E-state index contributed by atoms with van der Waals surface area (Å²) in [7, 11) is 0. The van der Waals surface area contributed by atoms with Gasteiger partial charge in [-0.15, -0.1) is 0 Å². The van der Waals surface area contributed by atoms with Crippen LogP contribution in [0.1, 0.15) is 16.8 Å². The Bertz CT molecular complexity index is 969. The average Bonchev–Trinajstić information content (AvgIpc) is 2.69. The van der Waals surface area contributed by atoms with E-state index in [0.29, 0.717) is 36.4 Å². The van der Waals surface area contributed by atoms with Crippen molar-refractivity contribution in [3.8, 4) is 16.9 Å². The number of carbonyl (C=O) groups is 1. The van der Waals surface area contributed by atoms with Crippen LogP contribution in [0.2, 0.25) is 0 Å². The number of rotatable bonds is 7. The largest absolute Gasteiger partial charge is 0.494 e. The fourth-order valence-corrected chi connectivity index (χ4v) is 2.47. The molecule has 27 heavy (non-hydrogen) atoms. The van der Waals surface area contributed by atoms with Crippen molar-refractivity contribution in [2.75, 3.05) is 18.9 Å². The van der Waals surface area contributed by atoms with Crippen LogP contribution in [0.25, 0.3) is 11.1 Å². The first-order chi connectivity index (χ1) is 13.1. The van der Waals surface area contributed by atoms with Crippen molar-refractivity contribution >= 4 is 11.7 Å². The predicted octanol–water partition coefficient (Wildman–Crippen LogP) is 1.61. The molecule has 8 nitrogen and oxygen atoms in total. The predicted molar refractivity (Wildman–Crippen MR) is 101 cm³/mol. The van der Waals surface area contributed by atoms with E-state index in [0.717, 1.165) is 5.56 Å². The Hall–Kier alpha value is -3.68. The Morgan fingerprint density at radius 1 is 1.15 bits per heavy atom. The lowest BCUT2D eigenvalue weighted by Gasteiger charge is -2.09. The van der Waals surface area contributed by atoms with Crippen LogP contribution >= 0.6 is 0 Å². The maximum absolute atomic E-state index is 12.0. The van der Waals surface area contributed by atoms with Crippen LogP contribution in [0.5, 0.6) is 5.75 Å². The molecular formula is C19H19N5O3. The molecule has 3 rings (SSSR count). The molecule has 0 radical (unpaired) electrons. The lowest BCUT2D eigenvalue weighted by atomic mass is 10.1. The number of aromatic amines is 1. The zero-order valence-electron chi connectivity index (χ0n) is 14.5. The van der Waals surface area contributed by atoms with E-state index in [9.17, 15) is 9.59 Å². The van der Waals surface area contributed by atoms with Crippen molar-refractivity contribution in [3.63, 3.8) is 0 Å². The van der Waals surface area contributed by atoms with Crippen molar-refractivity contribution in [3.05, 3.63) is 70.8 Å². The number of anilines is 1. The van der Waals surface area contributed by atoms with Gasteiger partial charge in [0.15, 0.2) is 0 Å². The van der Waals surface area contributed by atoms with Gasteiger partial charge >= 0.3 is 0 Å². The Kier molecular flexibility index (Phi) is 5.78. The van der Waals surface area contributed by atoms with Crippen molar-refractivity contribution in [2.45, 2.75) is 6.42 Å². The van der Waals surface area contributed by atoms with Gasteiger partial charge in [-0.2, -0.15) is 5.10 Å². The minimum absolute atomic E-state index is 0.208. The molecule has 0 unspecified atom stereocenters. The number of nitrogen functional groups attached to an aromatic ring is 1. The maximum atomic E-state index is 12.0. The highest BCUT2D eigenvalue weighted by atomic mass is 16.5. The highest BCUT2D eigenvalue weighted by Crippen LogP contribution is 2.19. The number of benzene rings is 1. The van der Waals surface area contributed by atoms with E-state index >= 15 is 0 Å². The van der Waals surface area contributed by atoms with Crippen molar-refractivity contribution in [2.24, 2.45) is 0 Å². The number of carbonyl (C=O) groups excluding carboxylic acids is 1. The zero-order valence-corrected chi connectivity index (χ0v) is 14.5.